The molecule has 2 aliphatic rings. The number of aryl methyl sites for hydroxylation is 1. The number of aromatic nitrogens is 2. The lowest BCUT2D eigenvalue weighted by Crippen LogP contribution is -2.47. The first-order valence-corrected chi connectivity index (χ1v) is 10.0. The predicted molar refractivity (Wildman–Crippen MR) is 107 cm³/mol. The average Bonchev–Trinajstić information content (AvgIpc) is 3.21. The average molecular weight is 383 g/mol. The summed E-state index contributed by atoms with van der Waals surface area (Å²) in [6.45, 7) is 4.61. The fraction of sp³-hybridized carbons (Fsp3) is 0.476. The summed E-state index contributed by atoms with van der Waals surface area (Å²) in [6.07, 6.45) is 4.43. The second-order valence-electron chi connectivity index (χ2n) is 7.57. The molecule has 4 rings (SSSR count). The number of nitrogens with zero attached hydrogens (tertiary/aromatic N) is 4. The van der Waals surface area contributed by atoms with Crippen LogP contribution in [-0.4, -0.2) is 48.1 Å². The second kappa shape index (κ2) is 8.12. The normalized spacial score (nSPS) is 17.8. The quantitative estimate of drug-likeness (QED) is 0.880. The molecule has 0 radical (unpaired) electrons. The number of rotatable bonds is 4. The number of carbonyl (C=O) groups excluding carboxylic acids is 1. The molecule has 0 bridgehead atoms. The fourth-order valence-corrected chi connectivity index (χ4v) is 4.00. The van der Waals surface area contributed by atoms with Crippen LogP contribution in [0.2, 0.25) is 0 Å². The van der Waals surface area contributed by atoms with Gasteiger partial charge in [0.2, 0.25) is 5.95 Å². The third-order valence-electron chi connectivity index (χ3n) is 5.52. The number of carbonyl (C=O) groups is 1. The molecule has 1 saturated heterocycles. The lowest BCUT2D eigenvalue weighted by atomic mass is 10.2. The number of nitrogens with one attached hydrogen (secondary N) is 1. The van der Waals surface area contributed by atoms with Gasteiger partial charge < -0.3 is 15.1 Å². The minimum Gasteiger partial charge on any atom is -0.366 e. The second-order valence-corrected chi connectivity index (χ2v) is 7.57. The SMILES string of the molecule is Cc1cc(C(=O)NC2CCCC2)nc(N2CCN(c3ccccc3F)CC2)n1. The van der Waals surface area contributed by atoms with Gasteiger partial charge in [-0.05, 0) is 38.0 Å². The van der Waals surface area contributed by atoms with Gasteiger partial charge in [-0.1, -0.05) is 25.0 Å². The third kappa shape index (κ3) is 4.08. The Labute approximate surface area is 164 Å². The lowest BCUT2D eigenvalue weighted by Gasteiger charge is -2.36. The molecular formula is C21H26FN5O. The van der Waals surface area contributed by atoms with E-state index in [2.05, 4.69) is 20.2 Å². The van der Waals surface area contributed by atoms with E-state index in [1.165, 1.54) is 18.9 Å². The number of amides is 1. The van der Waals surface area contributed by atoms with E-state index in [-0.39, 0.29) is 17.8 Å². The molecule has 1 aliphatic heterocycles. The van der Waals surface area contributed by atoms with Gasteiger partial charge in [-0.25, -0.2) is 14.4 Å². The van der Waals surface area contributed by atoms with Crippen molar-refractivity contribution in [3.63, 3.8) is 0 Å². The van der Waals surface area contributed by atoms with E-state index in [1.807, 2.05) is 17.9 Å². The molecule has 1 aromatic heterocycles. The highest BCUT2D eigenvalue weighted by atomic mass is 19.1. The maximum Gasteiger partial charge on any atom is 0.270 e. The van der Waals surface area contributed by atoms with Crippen molar-refractivity contribution in [2.75, 3.05) is 36.0 Å². The molecular weight excluding hydrogens is 357 g/mol. The van der Waals surface area contributed by atoms with Crippen molar-refractivity contribution in [1.29, 1.82) is 0 Å². The van der Waals surface area contributed by atoms with E-state index in [0.717, 1.165) is 18.5 Å². The van der Waals surface area contributed by atoms with Crippen LogP contribution < -0.4 is 15.1 Å². The van der Waals surface area contributed by atoms with Crippen LogP contribution in [0, 0.1) is 12.7 Å². The first-order valence-electron chi connectivity index (χ1n) is 10.0. The summed E-state index contributed by atoms with van der Waals surface area (Å²) in [5, 5.41) is 3.09. The van der Waals surface area contributed by atoms with Gasteiger partial charge >= 0.3 is 0 Å². The van der Waals surface area contributed by atoms with Crippen molar-refractivity contribution < 1.29 is 9.18 Å². The number of hydrogen-bond acceptors (Lipinski definition) is 5. The fourth-order valence-electron chi connectivity index (χ4n) is 4.00. The number of halogens is 1. The van der Waals surface area contributed by atoms with E-state index in [0.29, 0.717) is 43.5 Å². The van der Waals surface area contributed by atoms with Crippen LogP contribution in [0.5, 0.6) is 0 Å². The monoisotopic (exact) mass is 383 g/mol. The highest BCUT2D eigenvalue weighted by Gasteiger charge is 2.23. The number of benzene rings is 1. The van der Waals surface area contributed by atoms with Gasteiger partial charge in [0.15, 0.2) is 0 Å². The molecule has 1 N–H and O–H groups in total. The molecule has 148 valence electrons. The van der Waals surface area contributed by atoms with Gasteiger partial charge in [-0.15, -0.1) is 0 Å². The van der Waals surface area contributed by atoms with Crippen LogP contribution >= 0.6 is 0 Å². The summed E-state index contributed by atoms with van der Waals surface area (Å²) >= 11 is 0. The maximum atomic E-state index is 14.0. The molecule has 1 aromatic carbocycles. The van der Waals surface area contributed by atoms with Gasteiger partial charge in [0.05, 0.1) is 5.69 Å². The Balaban J connectivity index is 1.44. The smallest absolute Gasteiger partial charge is 0.270 e. The zero-order valence-electron chi connectivity index (χ0n) is 16.2. The molecule has 28 heavy (non-hydrogen) atoms. The Bertz CT molecular complexity index is 844. The molecule has 7 heteroatoms. The first kappa shape index (κ1) is 18.7. The van der Waals surface area contributed by atoms with Crippen molar-refractivity contribution >= 4 is 17.5 Å². The van der Waals surface area contributed by atoms with E-state index >= 15 is 0 Å². The Morgan fingerprint density at radius 1 is 1.07 bits per heavy atom. The van der Waals surface area contributed by atoms with E-state index in [4.69, 9.17) is 0 Å². The highest BCUT2D eigenvalue weighted by molar-refractivity contribution is 5.92. The van der Waals surface area contributed by atoms with Crippen molar-refractivity contribution in [3.8, 4) is 0 Å². The molecule has 0 spiro atoms. The highest BCUT2D eigenvalue weighted by Crippen LogP contribution is 2.22. The molecule has 0 atom stereocenters. The number of hydrogen-bond donors (Lipinski definition) is 1. The van der Waals surface area contributed by atoms with Crippen LogP contribution in [0.15, 0.2) is 30.3 Å². The van der Waals surface area contributed by atoms with E-state index < -0.39 is 0 Å². The standard InChI is InChI=1S/C21H26FN5O/c1-15-14-18(20(28)24-16-6-2-3-7-16)25-21(23-15)27-12-10-26(11-13-27)19-9-5-4-8-17(19)22/h4-5,8-9,14,16H,2-3,6-7,10-13H2,1H3,(H,24,28). The van der Waals surface area contributed by atoms with Gasteiger partial charge in [0.1, 0.15) is 11.5 Å². The molecule has 6 nitrogen and oxygen atoms in total. The zero-order valence-corrected chi connectivity index (χ0v) is 16.2. The van der Waals surface area contributed by atoms with Crippen LogP contribution in [0.3, 0.4) is 0 Å². The van der Waals surface area contributed by atoms with Crippen LogP contribution in [0.1, 0.15) is 41.9 Å². The minimum absolute atomic E-state index is 0.122. The number of para-hydroxylation sites is 1. The molecule has 2 fully saturated rings. The van der Waals surface area contributed by atoms with Gasteiger partial charge in [0.25, 0.3) is 5.91 Å². The molecule has 1 amide bonds. The maximum absolute atomic E-state index is 14.0. The minimum atomic E-state index is -0.200. The van der Waals surface area contributed by atoms with Crippen molar-refractivity contribution in [3.05, 3.63) is 47.5 Å². The summed E-state index contributed by atoms with van der Waals surface area (Å²) in [4.78, 5) is 25.7. The summed E-state index contributed by atoms with van der Waals surface area (Å²) in [7, 11) is 0. The van der Waals surface area contributed by atoms with Crippen LogP contribution in [-0.2, 0) is 0 Å². The Hall–Kier alpha value is -2.70. The lowest BCUT2D eigenvalue weighted by molar-refractivity contribution is 0.0932. The van der Waals surface area contributed by atoms with Crippen LogP contribution in [0.4, 0.5) is 16.0 Å². The van der Waals surface area contributed by atoms with Gasteiger partial charge in [0, 0.05) is 37.9 Å². The summed E-state index contributed by atoms with van der Waals surface area (Å²) < 4.78 is 14.0. The summed E-state index contributed by atoms with van der Waals surface area (Å²) in [5.74, 6) is 0.252. The van der Waals surface area contributed by atoms with E-state index in [1.54, 1.807) is 18.2 Å². The van der Waals surface area contributed by atoms with Gasteiger partial charge in [-0.2, -0.15) is 0 Å². The molecule has 1 aliphatic carbocycles. The topological polar surface area (TPSA) is 61.4 Å². The molecule has 0 unspecified atom stereocenters. The van der Waals surface area contributed by atoms with Gasteiger partial charge in [-0.3, -0.25) is 4.79 Å². The van der Waals surface area contributed by atoms with E-state index in [9.17, 15) is 9.18 Å². The predicted octanol–water partition coefficient (Wildman–Crippen LogP) is 2.92. The largest absolute Gasteiger partial charge is 0.366 e. The van der Waals surface area contributed by atoms with Crippen molar-refractivity contribution in [2.45, 2.75) is 38.6 Å². The van der Waals surface area contributed by atoms with Crippen molar-refractivity contribution in [2.24, 2.45) is 0 Å². The Kier molecular flexibility index (Phi) is 5.41. The first-order chi connectivity index (χ1) is 13.6. The number of anilines is 2. The molecule has 2 aromatic rings. The molecule has 1 saturated carbocycles. The Morgan fingerprint density at radius 2 is 1.75 bits per heavy atom. The Morgan fingerprint density at radius 3 is 2.46 bits per heavy atom. The van der Waals surface area contributed by atoms with Crippen molar-refractivity contribution in [1.82, 2.24) is 15.3 Å². The summed E-state index contributed by atoms with van der Waals surface area (Å²) in [6, 6.07) is 8.84. The third-order valence-corrected chi connectivity index (χ3v) is 5.52. The number of piperazine rings is 1. The zero-order chi connectivity index (χ0) is 19.5. The van der Waals surface area contributed by atoms with Crippen LogP contribution in [0.25, 0.3) is 0 Å². The summed E-state index contributed by atoms with van der Waals surface area (Å²) in [5.41, 5.74) is 1.83. The molecule has 2 heterocycles.